The summed E-state index contributed by atoms with van der Waals surface area (Å²) in [4.78, 5) is 0. The van der Waals surface area contributed by atoms with Crippen LogP contribution in [0.3, 0.4) is 0 Å². The van der Waals surface area contributed by atoms with Crippen LogP contribution in [0.15, 0.2) is 0 Å². The van der Waals surface area contributed by atoms with Gasteiger partial charge in [0.1, 0.15) is 0 Å². The second-order valence-electron chi connectivity index (χ2n) is 3.52. The Balaban J connectivity index is 0.000000405. The van der Waals surface area contributed by atoms with Gasteiger partial charge in [-0.1, -0.05) is 6.42 Å². The Kier molecular flexibility index (Phi) is 1.75. The SMILES string of the molecule is Cl.NC1CC2(CCC2)C1. The molecule has 2 N–H and O–H groups in total. The summed E-state index contributed by atoms with van der Waals surface area (Å²) >= 11 is 0. The van der Waals surface area contributed by atoms with E-state index in [1.54, 1.807) is 0 Å². The molecule has 0 saturated heterocycles. The van der Waals surface area contributed by atoms with E-state index >= 15 is 0 Å². The summed E-state index contributed by atoms with van der Waals surface area (Å²) in [6, 6.07) is 0.565. The highest BCUT2D eigenvalue weighted by molar-refractivity contribution is 5.85. The van der Waals surface area contributed by atoms with Gasteiger partial charge in [-0.3, -0.25) is 0 Å². The van der Waals surface area contributed by atoms with Crippen molar-refractivity contribution in [2.45, 2.75) is 38.1 Å². The van der Waals surface area contributed by atoms with Crippen molar-refractivity contribution in [2.75, 3.05) is 0 Å². The maximum atomic E-state index is 5.66. The molecular weight excluding hydrogens is 134 g/mol. The van der Waals surface area contributed by atoms with Crippen LogP contribution in [0.25, 0.3) is 0 Å². The van der Waals surface area contributed by atoms with E-state index in [1.165, 1.54) is 32.1 Å². The Morgan fingerprint density at radius 3 is 1.89 bits per heavy atom. The maximum Gasteiger partial charge on any atom is 0.00494 e. The van der Waals surface area contributed by atoms with E-state index in [1.807, 2.05) is 0 Å². The van der Waals surface area contributed by atoms with Crippen molar-refractivity contribution in [3.8, 4) is 0 Å². The lowest BCUT2D eigenvalue weighted by Crippen LogP contribution is -2.49. The molecule has 0 radical (unpaired) electrons. The van der Waals surface area contributed by atoms with Gasteiger partial charge in [0.25, 0.3) is 0 Å². The average molecular weight is 148 g/mol. The Morgan fingerprint density at radius 2 is 1.78 bits per heavy atom. The van der Waals surface area contributed by atoms with Crippen molar-refractivity contribution >= 4 is 12.4 Å². The van der Waals surface area contributed by atoms with Gasteiger partial charge in [-0.15, -0.1) is 12.4 Å². The molecule has 2 saturated carbocycles. The zero-order chi connectivity index (χ0) is 5.61. The molecule has 0 bridgehead atoms. The van der Waals surface area contributed by atoms with E-state index < -0.39 is 0 Å². The molecule has 0 aliphatic heterocycles. The first-order chi connectivity index (χ1) is 3.81. The van der Waals surface area contributed by atoms with Crippen molar-refractivity contribution in [1.29, 1.82) is 0 Å². The van der Waals surface area contributed by atoms with Gasteiger partial charge in [0, 0.05) is 6.04 Å². The van der Waals surface area contributed by atoms with Gasteiger partial charge in [0.2, 0.25) is 0 Å². The van der Waals surface area contributed by atoms with E-state index in [4.69, 9.17) is 5.73 Å². The van der Waals surface area contributed by atoms with E-state index in [9.17, 15) is 0 Å². The first-order valence-electron chi connectivity index (χ1n) is 3.56. The predicted octanol–water partition coefficient (Wildman–Crippen LogP) is 1.70. The summed E-state index contributed by atoms with van der Waals surface area (Å²) in [5.41, 5.74) is 6.45. The minimum atomic E-state index is 0. The van der Waals surface area contributed by atoms with Crippen LogP contribution in [-0.4, -0.2) is 6.04 Å². The molecule has 0 aromatic heterocycles. The normalized spacial score (nSPS) is 30.3. The third-order valence-corrected chi connectivity index (χ3v) is 2.80. The number of nitrogens with two attached hydrogens (primary N) is 1. The molecule has 1 nitrogen and oxygen atoms in total. The van der Waals surface area contributed by atoms with Gasteiger partial charge in [-0.2, -0.15) is 0 Å². The molecule has 2 heteroatoms. The number of rotatable bonds is 0. The quantitative estimate of drug-likeness (QED) is 0.555. The fourth-order valence-electron chi connectivity index (χ4n) is 2.14. The summed E-state index contributed by atoms with van der Waals surface area (Å²) in [6.45, 7) is 0. The van der Waals surface area contributed by atoms with Crippen LogP contribution < -0.4 is 5.73 Å². The second kappa shape index (κ2) is 2.14. The van der Waals surface area contributed by atoms with Crippen molar-refractivity contribution < 1.29 is 0 Å². The van der Waals surface area contributed by atoms with Gasteiger partial charge >= 0.3 is 0 Å². The highest BCUT2D eigenvalue weighted by atomic mass is 35.5. The molecule has 0 heterocycles. The zero-order valence-corrected chi connectivity index (χ0v) is 6.41. The van der Waals surface area contributed by atoms with Gasteiger partial charge in [0.15, 0.2) is 0 Å². The highest BCUT2D eigenvalue weighted by Gasteiger charge is 2.46. The summed E-state index contributed by atoms with van der Waals surface area (Å²) < 4.78 is 0. The smallest absolute Gasteiger partial charge is 0.00494 e. The first-order valence-corrected chi connectivity index (χ1v) is 3.56. The average Bonchev–Trinajstić information content (AvgIpc) is 1.51. The van der Waals surface area contributed by atoms with Crippen LogP contribution in [0, 0.1) is 5.41 Å². The topological polar surface area (TPSA) is 26.0 Å². The van der Waals surface area contributed by atoms with Gasteiger partial charge in [-0.25, -0.2) is 0 Å². The largest absolute Gasteiger partial charge is 0.328 e. The fraction of sp³-hybridized carbons (Fsp3) is 1.00. The molecule has 0 aromatic carbocycles. The van der Waals surface area contributed by atoms with Crippen LogP contribution in [0.2, 0.25) is 0 Å². The van der Waals surface area contributed by atoms with Crippen LogP contribution in [0.5, 0.6) is 0 Å². The summed E-state index contributed by atoms with van der Waals surface area (Å²) in [5.74, 6) is 0. The number of halogens is 1. The fourth-order valence-corrected chi connectivity index (χ4v) is 2.14. The van der Waals surface area contributed by atoms with Gasteiger partial charge in [-0.05, 0) is 31.1 Å². The molecule has 1 spiro atoms. The highest BCUT2D eigenvalue weighted by Crippen LogP contribution is 2.54. The molecule has 9 heavy (non-hydrogen) atoms. The molecule has 54 valence electrons. The van der Waals surface area contributed by atoms with Crippen LogP contribution in [-0.2, 0) is 0 Å². The second-order valence-corrected chi connectivity index (χ2v) is 3.52. The van der Waals surface area contributed by atoms with Crippen molar-refractivity contribution in [1.82, 2.24) is 0 Å². The number of hydrogen-bond donors (Lipinski definition) is 1. The Bertz CT molecular complexity index is 101. The summed E-state index contributed by atoms with van der Waals surface area (Å²) in [6.07, 6.45) is 7.06. The minimum absolute atomic E-state index is 0. The van der Waals surface area contributed by atoms with Crippen molar-refractivity contribution in [2.24, 2.45) is 11.1 Å². The van der Waals surface area contributed by atoms with Crippen LogP contribution >= 0.6 is 12.4 Å². The lowest BCUT2D eigenvalue weighted by atomic mass is 9.54. The van der Waals surface area contributed by atoms with E-state index in [-0.39, 0.29) is 12.4 Å². The lowest BCUT2D eigenvalue weighted by molar-refractivity contribution is 0.0121. The Morgan fingerprint density at radius 1 is 1.22 bits per heavy atom. The van der Waals surface area contributed by atoms with E-state index in [2.05, 4.69) is 0 Å². The van der Waals surface area contributed by atoms with Crippen LogP contribution in [0.4, 0.5) is 0 Å². The summed E-state index contributed by atoms with van der Waals surface area (Å²) in [7, 11) is 0. The van der Waals surface area contributed by atoms with E-state index in [0.29, 0.717) is 6.04 Å². The Hall–Kier alpha value is 0.250. The molecule has 2 aliphatic carbocycles. The molecule has 0 atom stereocenters. The molecule has 2 fully saturated rings. The predicted molar refractivity (Wildman–Crippen MR) is 40.7 cm³/mol. The van der Waals surface area contributed by atoms with Crippen LogP contribution in [0.1, 0.15) is 32.1 Å². The minimum Gasteiger partial charge on any atom is -0.328 e. The molecule has 2 aliphatic rings. The van der Waals surface area contributed by atoms with Gasteiger partial charge in [0.05, 0.1) is 0 Å². The maximum absolute atomic E-state index is 5.66. The van der Waals surface area contributed by atoms with Crippen molar-refractivity contribution in [3.63, 3.8) is 0 Å². The monoisotopic (exact) mass is 147 g/mol. The zero-order valence-electron chi connectivity index (χ0n) is 5.60. The molecule has 0 amide bonds. The van der Waals surface area contributed by atoms with E-state index in [0.717, 1.165) is 5.41 Å². The summed E-state index contributed by atoms with van der Waals surface area (Å²) in [5, 5.41) is 0. The Labute approximate surface area is 62.4 Å². The number of hydrogen-bond acceptors (Lipinski definition) is 1. The lowest BCUT2D eigenvalue weighted by Gasteiger charge is -2.53. The van der Waals surface area contributed by atoms with Gasteiger partial charge < -0.3 is 5.73 Å². The molecule has 0 aromatic rings. The third-order valence-electron chi connectivity index (χ3n) is 2.80. The third kappa shape index (κ3) is 0.968. The first kappa shape index (κ1) is 7.36. The molecule has 2 rings (SSSR count). The molecule has 0 unspecified atom stereocenters. The van der Waals surface area contributed by atoms with Crippen molar-refractivity contribution in [3.05, 3.63) is 0 Å². The standard InChI is InChI=1S/C7H13N.ClH/c8-6-4-7(5-6)2-1-3-7;/h6H,1-5,8H2;1H. The molecular formula is C7H14ClN.